The summed E-state index contributed by atoms with van der Waals surface area (Å²) < 4.78 is 5.30. The normalized spacial score (nSPS) is 22.3. The lowest BCUT2D eigenvalue weighted by Gasteiger charge is -2.31. The topological polar surface area (TPSA) is 83.2 Å². The van der Waals surface area contributed by atoms with E-state index < -0.39 is 0 Å². The van der Waals surface area contributed by atoms with Gasteiger partial charge in [-0.15, -0.1) is 0 Å². The summed E-state index contributed by atoms with van der Waals surface area (Å²) in [6.45, 7) is 4.86. The van der Waals surface area contributed by atoms with E-state index in [4.69, 9.17) is 4.74 Å². The lowest BCUT2D eigenvalue weighted by Crippen LogP contribution is -2.47. The van der Waals surface area contributed by atoms with Crippen molar-refractivity contribution in [2.45, 2.75) is 51.6 Å². The van der Waals surface area contributed by atoms with E-state index in [-0.39, 0.29) is 29.8 Å². The molecule has 6 nitrogen and oxygen atoms in total. The minimum absolute atomic E-state index is 0.0276. The van der Waals surface area contributed by atoms with Gasteiger partial charge in [-0.2, -0.15) is 0 Å². The summed E-state index contributed by atoms with van der Waals surface area (Å²) in [7, 11) is 0. The lowest BCUT2D eigenvalue weighted by atomic mass is 9.90. The Morgan fingerprint density at radius 3 is 2.74 bits per heavy atom. The van der Waals surface area contributed by atoms with Gasteiger partial charge in [0.05, 0.1) is 12.5 Å². The smallest absolute Gasteiger partial charge is 0.267 e. The second kappa shape index (κ2) is 8.72. The molecule has 1 saturated carbocycles. The molecule has 3 N–H and O–H groups in total. The van der Waals surface area contributed by atoms with E-state index in [1.165, 1.54) is 0 Å². The molecule has 0 saturated heterocycles. The molecule has 1 unspecified atom stereocenters. The van der Waals surface area contributed by atoms with Gasteiger partial charge in [-0.3, -0.25) is 9.59 Å². The molecule has 0 spiro atoms. The number of hydrogen-bond donors (Lipinski definition) is 3. The van der Waals surface area contributed by atoms with E-state index in [9.17, 15) is 9.59 Å². The van der Waals surface area contributed by atoms with Crippen LogP contribution in [0.1, 0.15) is 50.0 Å². The summed E-state index contributed by atoms with van der Waals surface area (Å²) in [5.41, 5.74) is 0.571. The van der Waals surface area contributed by atoms with Gasteiger partial charge in [0.25, 0.3) is 5.91 Å². The van der Waals surface area contributed by atoms with Crippen LogP contribution >= 0.6 is 0 Å². The van der Waals surface area contributed by atoms with Crippen molar-refractivity contribution in [1.29, 1.82) is 0 Å². The van der Waals surface area contributed by atoms with E-state index in [1.807, 2.05) is 13.8 Å². The highest BCUT2D eigenvalue weighted by Crippen LogP contribution is 2.19. The molecule has 0 aromatic carbocycles. The Bertz CT molecular complexity index is 501. The number of hydrogen-bond acceptors (Lipinski definition) is 3. The first-order chi connectivity index (χ1) is 11.1. The van der Waals surface area contributed by atoms with Crippen LogP contribution in [-0.2, 0) is 9.53 Å². The van der Waals surface area contributed by atoms with Crippen LogP contribution in [0.25, 0.3) is 0 Å². The summed E-state index contributed by atoms with van der Waals surface area (Å²) in [4.78, 5) is 27.1. The number of carbonyl (C=O) groups excluding carboxylic acids is 2. The van der Waals surface area contributed by atoms with Crippen LogP contribution in [0.15, 0.2) is 18.3 Å². The second-order valence-electron chi connectivity index (χ2n) is 6.19. The Morgan fingerprint density at radius 1 is 1.35 bits per heavy atom. The zero-order valence-corrected chi connectivity index (χ0v) is 13.9. The third-order valence-corrected chi connectivity index (χ3v) is 4.22. The van der Waals surface area contributed by atoms with Crippen LogP contribution in [0.2, 0.25) is 0 Å². The molecule has 3 atom stereocenters. The minimum Gasteiger partial charge on any atom is -0.381 e. The first-order valence-corrected chi connectivity index (χ1v) is 8.42. The number of ether oxygens (including phenoxy) is 1. The maximum Gasteiger partial charge on any atom is 0.267 e. The van der Waals surface area contributed by atoms with E-state index in [0.717, 1.165) is 25.7 Å². The molecule has 128 valence electrons. The summed E-state index contributed by atoms with van der Waals surface area (Å²) in [5.74, 6) is -0.208. The molecule has 1 fully saturated rings. The molecule has 23 heavy (non-hydrogen) atoms. The predicted molar refractivity (Wildman–Crippen MR) is 88.1 cm³/mol. The Morgan fingerprint density at radius 2 is 2.09 bits per heavy atom. The molecule has 0 radical (unpaired) electrons. The fourth-order valence-corrected chi connectivity index (χ4v) is 2.90. The van der Waals surface area contributed by atoms with Crippen molar-refractivity contribution in [1.82, 2.24) is 15.6 Å². The Kier molecular flexibility index (Phi) is 6.65. The zero-order chi connectivity index (χ0) is 16.7. The van der Waals surface area contributed by atoms with Crippen LogP contribution in [0.4, 0.5) is 0 Å². The Balaban J connectivity index is 1.79. The third kappa shape index (κ3) is 5.39. The quantitative estimate of drug-likeness (QED) is 0.716. The second-order valence-corrected chi connectivity index (χ2v) is 6.19. The third-order valence-electron chi connectivity index (χ3n) is 4.22. The number of aromatic amines is 1. The van der Waals surface area contributed by atoms with Gasteiger partial charge in [0, 0.05) is 24.9 Å². The maximum absolute atomic E-state index is 12.1. The maximum atomic E-state index is 12.1. The molecule has 1 aromatic rings. The van der Waals surface area contributed by atoms with Crippen molar-refractivity contribution < 1.29 is 14.3 Å². The number of rotatable bonds is 7. The van der Waals surface area contributed by atoms with Gasteiger partial charge >= 0.3 is 0 Å². The first kappa shape index (κ1) is 17.5. The largest absolute Gasteiger partial charge is 0.381 e. The Hall–Kier alpha value is -1.82. The highest BCUT2D eigenvalue weighted by Gasteiger charge is 2.26. The fourth-order valence-electron chi connectivity index (χ4n) is 2.90. The number of amides is 2. The van der Waals surface area contributed by atoms with Gasteiger partial charge in [-0.1, -0.05) is 6.92 Å². The molecule has 0 bridgehead atoms. The van der Waals surface area contributed by atoms with E-state index in [2.05, 4.69) is 15.6 Å². The molecular formula is C17H27N3O3. The average molecular weight is 321 g/mol. The van der Waals surface area contributed by atoms with Crippen LogP contribution in [0, 0.1) is 5.92 Å². The number of H-pyrrole nitrogens is 1. The number of nitrogens with one attached hydrogen (secondary N) is 3. The van der Waals surface area contributed by atoms with Gasteiger partial charge in [0.1, 0.15) is 5.69 Å². The molecule has 2 amide bonds. The number of aromatic nitrogens is 1. The predicted octanol–water partition coefficient (Wildman–Crippen LogP) is 1.84. The van der Waals surface area contributed by atoms with E-state index >= 15 is 0 Å². The van der Waals surface area contributed by atoms with E-state index in [1.54, 1.807) is 18.3 Å². The monoisotopic (exact) mass is 321 g/mol. The molecule has 1 aliphatic carbocycles. The van der Waals surface area contributed by atoms with Gasteiger partial charge in [0.15, 0.2) is 0 Å². The fraction of sp³-hybridized carbons (Fsp3) is 0.647. The summed E-state index contributed by atoms with van der Waals surface area (Å²) in [5, 5.41) is 6.13. The summed E-state index contributed by atoms with van der Waals surface area (Å²) in [6, 6.07) is 3.78. The van der Waals surface area contributed by atoms with E-state index in [0.29, 0.717) is 18.9 Å². The van der Waals surface area contributed by atoms with Crippen molar-refractivity contribution in [2.24, 2.45) is 5.92 Å². The number of carbonyl (C=O) groups is 2. The summed E-state index contributed by atoms with van der Waals surface area (Å²) >= 11 is 0. The standard InChI is InChI=1S/C17H27N3O3/c1-3-23-11-12(2)16(21)19-13-6-4-7-14(10-13)20-17(22)15-8-5-9-18-15/h5,8-9,12-14,18H,3-4,6-7,10-11H2,1-2H3,(H,19,21)(H,20,22)/t12?,13-,14-/m1/s1. The van der Waals surface area contributed by atoms with Gasteiger partial charge < -0.3 is 20.4 Å². The average Bonchev–Trinajstić information content (AvgIpc) is 3.07. The van der Waals surface area contributed by atoms with Crippen LogP contribution in [0.5, 0.6) is 0 Å². The van der Waals surface area contributed by atoms with Crippen molar-refractivity contribution in [3.8, 4) is 0 Å². The van der Waals surface area contributed by atoms with Crippen molar-refractivity contribution in [3.05, 3.63) is 24.0 Å². The molecule has 1 aromatic heterocycles. The van der Waals surface area contributed by atoms with Crippen LogP contribution in [0.3, 0.4) is 0 Å². The lowest BCUT2D eigenvalue weighted by molar-refractivity contribution is -0.127. The molecule has 1 heterocycles. The van der Waals surface area contributed by atoms with Crippen molar-refractivity contribution in [3.63, 3.8) is 0 Å². The van der Waals surface area contributed by atoms with Gasteiger partial charge in [-0.05, 0) is 44.7 Å². The molecule has 0 aliphatic heterocycles. The van der Waals surface area contributed by atoms with Crippen LogP contribution < -0.4 is 10.6 Å². The SMILES string of the molecule is CCOCC(C)C(=O)N[C@@H]1CCC[C@@H](NC(=O)c2ccc[nH]2)C1. The Labute approximate surface area is 137 Å². The first-order valence-electron chi connectivity index (χ1n) is 8.42. The minimum atomic E-state index is -0.149. The van der Waals surface area contributed by atoms with Crippen molar-refractivity contribution in [2.75, 3.05) is 13.2 Å². The summed E-state index contributed by atoms with van der Waals surface area (Å²) in [6.07, 6.45) is 5.42. The highest BCUT2D eigenvalue weighted by molar-refractivity contribution is 5.92. The molecular weight excluding hydrogens is 294 g/mol. The highest BCUT2D eigenvalue weighted by atomic mass is 16.5. The molecule has 1 aliphatic rings. The molecule has 2 rings (SSSR count). The van der Waals surface area contributed by atoms with Crippen molar-refractivity contribution >= 4 is 11.8 Å². The van der Waals surface area contributed by atoms with Gasteiger partial charge in [-0.25, -0.2) is 0 Å². The van der Waals surface area contributed by atoms with Gasteiger partial charge in [0.2, 0.25) is 5.91 Å². The molecule has 6 heteroatoms. The van der Waals surface area contributed by atoms with Crippen LogP contribution in [-0.4, -0.2) is 42.1 Å². The zero-order valence-electron chi connectivity index (χ0n) is 13.9.